The summed E-state index contributed by atoms with van der Waals surface area (Å²) in [6.07, 6.45) is 8.46. The number of hydrogen-bond donors (Lipinski definition) is 1. The summed E-state index contributed by atoms with van der Waals surface area (Å²) < 4.78 is 0. The molecule has 0 aliphatic heterocycles. The number of rotatable bonds is 4. The molecule has 1 aliphatic carbocycles. The van der Waals surface area contributed by atoms with Crippen LogP contribution in [0.2, 0.25) is 0 Å². The monoisotopic (exact) mass is 278 g/mol. The van der Waals surface area contributed by atoms with Crippen LogP contribution in [0.15, 0.2) is 12.4 Å². The summed E-state index contributed by atoms with van der Waals surface area (Å²) in [5, 5.41) is 13.9. The van der Waals surface area contributed by atoms with Crippen molar-refractivity contribution < 1.29 is 4.92 Å². The summed E-state index contributed by atoms with van der Waals surface area (Å²) in [5.41, 5.74) is -0.0729. The molecule has 2 unspecified atom stereocenters. The van der Waals surface area contributed by atoms with Gasteiger partial charge in [0, 0.05) is 6.04 Å². The van der Waals surface area contributed by atoms with Gasteiger partial charge in [-0.05, 0) is 31.1 Å². The molecular weight excluding hydrogens is 256 g/mol. The van der Waals surface area contributed by atoms with Crippen LogP contribution >= 0.6 is 0 Å². The minimum Gasteiger partial charge on any atom is -0.351 e. The zero-order valence-corrected chi connectivity index (χ0v) is 12.1. The fourth-order valence-corrected chi connectivity index (χ4v) is 2.81. The Morgan fingerprint density at radius 1 is 1.25 bits per heavy atom. The Morgan fingerprint density at radius 2 is 1.95 bits per heavy atom. The van der Waals surface area contributed by atoms with Crippen molar-refractivity contribution in [2.24, 2.45) is 11.8 Å². The zero-order valence-electron chi connectivity index (χ0n) is 12.1. The molecule has 0 saturated heterocycles. The first-order valence-corrected chi connectivity index (χ1v) is 7.29. The first-order chi connectivity index (χ1) is 9.56. The van der Waals surface area contributed by atoms with Gasteiger partial charge in [0.15, 0.2) is 0 Å². The van der Waals surface area contributed by atoms with E-state index in [1.807, 2.05) is 0 Å². The van der Waals surface area contributed by atoms with Crippen molar-refractivity contribution in [3.8, 4) is 0 Å². The summed E-state index contributed by atoms with van der Waals surface area (Å²) in [7, 11) is 0. The van der Waals surface area contributed by atoms with Crippen LogP contribution in [0.1, 0.15) is 46.0 Å². The third-order valence-corrected chi connectivity index (χ3v) is 4.14. The maximum Gasteiger partial charge on any atom is 0.305 e. The molecule has 6 heteroatoms. The first kappa shape index (κ1) is 14.7. The van der Waals surface area contributed by atoms with Crippen LogP contribution in [-0.2, 0) is 0 Å². The lowest BCUT2D eigenvalue weighted by molar-refractivity contribution is -0.385. The number of nitrogens with zero attached hydrogens (tertiary/aromatic N) is 3. The normalized spacial score (nSPS) is 23.4. The van der Waals surface area contributed by atoms with E-state index in [4.69, 9.17) is 0 Å². The number of anilines is 1. The Bertz CT molecular complexity index is 447. The quantitative estimate of drug-likeness (QED) is 0.518. The van der Waals surface area contributed by atoms with Gasteiger partial charge in [-0.3, -0.25) is 10.1 Å². The summed E-state index contributed by atoms with van der Waals surface area (Å²) in [4.78, 5) is 18.1. The maximum absolute atomic E-state index is 10.6. The van der Waals surface area contributed by atoms with Crippen LogP contribution in [0.4, 0.5) is 11.6 Å². The highest BCUT2D eigenvalue weighted by molar-refractivity contribution is 5.31. The van der Waals surface area contributed by atoms with Crippen molar-refractivity contribution >= 4 is 11.6 Å². The topological polar surface area (TPSA) is 81.0 Å². The second-order valence-electron chi connectivity index (χ2n) is 5.88. The fourth-order valence-electron chi connectivity index (χ4n) is 2.81. The number of aromatic nitrogens is 2. The molecule has 20 heavy (non-hydrogen) atoms. The smallest absolute Gasteiger partial charge is 0.305 e. The van der Waals surface area contributed by atoms with Crippen LogP contribution in [0.3, 0.4) is 0 Å². The molecule has 1 heterocycles. The van der Waals surface area contributed by atoms with Crippen LogP contribution in [0.5, 0.6) is 0 Å². The van der Waals surface area contributed by atoms with Gasteiger partial charge in [0.25, 0.3) is 0 Å². The molecule has 1 saturated carbocycles. The molecule has 6 nitrogen and oxygen atoms in total. The van der Waals surface area contributed by atoms with E-state index in [1.165, 1.54) is 31.7 Å². The number of nitrogens with one attached hydrogen (secondary N) is 1. The van der Waals surface area contributed by atoms with Crippen molar-refractivity contribution in [3.63, 3.8) is 0 Å². The van der Waals surface area contributed by atoms with Crippen LogP contribution in [0, 0.1) is 22.0 Å². The van der Waals surface area contributed by atoms with E-state index < -0.39 is 4.92 Å². The maximum atomic E-state index is 10.6. The molecule has 0 amide bonds. The molecule has 0 radical (unpaired) electrons. The Balaban J connectivity index is 1.91. The van der Waals surface area contributed by atoms with Crippen molar-refractivity contribution in [3.05, 3.63) is 22.5 Å². The van der Waals surface area contributed by atoms with E-state index in [0.29, 0.717) is 12.0 Å². The van der Waals surface area contributed by atoms with Gasteiger partial charge >= 0.3 is 5.69 Å². The highest BCUT2D eigenvalue weighted by Crippen LogP contribution is 2.29. The van der Waals surface area contributed by atoms with Gasteiger partial charge in [-0.2, -0.15) is 0 Å². The zero-order chi connectivity index (χ0) is 14.5. The molecule has 110 valence electrons. The molecule has 1 fully saturated rings. The van der Waals surface area contributed by atoms with E-state index in [2.05, 4.69) is 29.1 Å². The van der Waals surface area contributed by atoms with Gasteiger partial charge in [0.1, 0.15) is 12.4 Å². The van der Waals surface area contributed by atoms with Crippen LogP contribution < -0.4 is 5.32 Å². The lowest BCUT2D eigenvalue weighted by atomic mass is 9.89. The average Bonchev–Trinajstić information content (AvgIpc) is 2.65. The molecule has 1 aromatic heterocycles. The van der Waals surface area contributed by atoms with Gasteiger partial charge in [0.2, 0.25) is 5.95 Å². The van der Waals surface area contributed by atoms with Crippen LogP contribution in [-0.4, -0.2) is 20.9 Å². The van der Waals surface area contributed by atoms with Crippen molar-refractivity contribution in [2.45, 2.75) is 52.0 Å². The SMILES string of the molecule is CC(C)C1CCCC(Nc2ncc([N+](=O)[O-])cn2)CC1. The van der Waals surface area contributed by atoms with E-state index in [9.17, 15) is 10.1 Å². The van der Waals surface area contributed by atoms with Gasteiger partial charge in [0.05, 0.1) is 4.92 Å². The predicted molar refractivity (Wildman–Crippen MR) is 77.5 cm³/mol. The minimum atomic E-state index is -0.483. The molecule has 2 atom stereocenters. The molecule has 1 aromatic rings. The Kier molecular flexibility index (Phi) is 4.87. The van der Waals surface area contributed by atoms with E-state index in [0.717, 1.165) is 24.7 Å². The van der Waals surface area contributed by atoms with E-state index in [1.54, 1.807) is 0 Å². The molecule has 1 aliphatic rings. The predicted octanol–water partition coefficient (Wildman–Crippen LogP) is 3.40. The largest absolute Gasteiger partial charge is 0.351 e. The molecule has 0 spiro atoms. The fraction of sp³-hybridized carbons (Fsp3) is 0.714. The van der Waals surface area contributed by atoms with Gasteiger partial charge in [-0.25, -0.2) is 9.97 Å². The van der Waals surface area contributed by atoms with E-state index in [-0.39, 0.29) is 5.69 Å². The van der Waals surface area contributed by atoms with Crippen molar-refractivity contribution in [2.75, 3.05) is 5.32 Å². The van der Waals surface area contributed by atoms with Gasteiger partial charge < -0.3 is 5.32 Å². The molecule has 0 bridgehead atoms. The number of hydrogen-bond acceptors (Lipinski definition) is 5. The summed E-state index contributed by atoms with van der Waals surface area (Å²) in [6, 6.07) is 0.375. The Labute approximate surface area is 119 Å². The van der Waals surface area contributed by atoms with Crippen LogP contribution in [0.25, 0.3) is 0 Å². The standard InChI is InChI=1S/C14H22N4O2/c1-10(2)11-4-3-5-12(7-6-11)17-14-15-8-13(9-16-14)18(19)20/h8-12H,3-7H2,1-2H3,(H,15,16,17). The minimum absolute atomic E-state index is 0.0729. The summed E-state index contributed by atoms with van der Waals surface area (Å²) in [5.74, 6) is 2.03. The van der Waals surface area contributed by atoms with Gasteiger partial charge in [-0.1, -0.05) is 26.7 Å². The molecule has 1 N–H and O–H groups in total. The molecule has 0 aromatic carbocycles. The Morgan fingerprint density at radius 3 is 2.55 bits per heavy atom. The highest BCUT2D eigenvalue weighted by atomic mass is 16.6. The first-order valence-electron chi connectivity index (χ1n) is 7.29. The second kappa shape index (κ2) is 6.63. The lowest BCUT2D eigenvalue weighted by Crippen LogP contribution is -2.20. The Hall–Kier alpha value is -1.72. The number of nitro groups is 1. The van der Waals surface area contributed by atoms with Gasteiger partial charge in [-0.15, -0.1) is 0 Å². The van der Waals surface area contributed by atoms with E-state index >= 15 is 0 Å². The highest BCUT2D eigenvalue weighted by Gasteiger charge is 2.21. The third-order valence-electron chi connectivity index (χ3n) is 4.14. The van der Waals surface area contributed by atoms with Crippen molar-refractivity contribution in [1.29, 1.82) is 0 Å². The summed E-state index contributed by atoms with van der Waals surface area (Å²) in [6.45, 7) is 4.58. The average molecular weight is 278 g/mol. The van der Waals surface area contributed by atoms with Crippen molar-refractivity contribution in [1.82, 2.24) is 9.97 Å². The second-order valence-corrected chi connectivity index (χ2v) is 5.88. The summed E-state index contributed by atoms with van der Waals surface area (Å²) >= 11 is 0. The lowest BCUT2D eigenvalue weighted by Gasteiger charge is -2.19. The molecule has 2 rings (SSSR count). The molecular formula is C14H22N4O2. The third kappa shape index (κ3) is 3.88.